The molecule has 3 N–H and O–H groups in total. The number of benzene rings is 2. The molecule has 2 aromatic carbocycles. The van der Waals surface area contributed by atoms with Gasteiger partial charge in [-0.3, -0.25) is 10.1 Å². The minimum atomic E-state index is -0.551. The van der Waals surface area contributed by atoms with Crippen LogP contribution in [-0.4, -0.2) is 15.1 Å². The first-order valence-corrected chi connectivity index (χ1v) is 9.23. The molecule has 0 aliphatic heterocycles. The Balaban J connectivity index is 1.59. The highest BCUT2D eigenvalue weighted by Crippen LogP contribution is 2.38. The summed E-state index contributed by atoms with van der Waals surface area (Å²) in [5, 5.41) is 19.2. The molecule has 0 atom stereocenters. The summed E-state index contributed by atoms with van der Waals surface area (Å²) in [6.07, 6.45) is 2.63. The van der Waals surface area contributed by atoms with E-state index in [1.54, 1.807) is 18.2 Å². The zero-order valence-electron chi connectivity index (χ0n) is 14.9. The molecule has 0 spiro atoms. The predicted molar refractivity (Wildman–Crippen MR) is 105 cm³/mol. The topological polar surface area (TPSA) is 120 Å². The fourth-order valence-corrected chi connectivity index (χ4v) is 3.32. The van der Waals surface area contributed by atoms with Crippen molar-refractivity contribution in [1.82, 2.24) is 10.1 Å². The average molecular weight is 400 g/mol. The van der Waals surface area contributed by atoms with Crippen LogP contribution in [0.3, 0.4) is 0 Å². The molecule has 0 saturated heterocycles. The molecule has 4 rings (SSSR count). The number of hydrogen-bond donors (Lipinski definition) is 2. The van der Waals surface area contributed by atoms with Crippen LogP contribution in [0.1, 0.15) is 30.7 Å². The van der Waals surface area contributed by atoms with Crippen molar-refractivity contribution in [2.75, 3.05) is 5.32 Å². The van der Waals surface area contributed by atoms with Gasteiger partial charge in [0.2, 0.25) is 0 Å². The van der Waals surface area contributed by atoms with E-state index < -0.39 is 10.5 Å². The number of nitrogens with one attached hydrogen (secondary N) is 1. The van der Waals surface area contributed by atoms with Crippen molar-refractivity contribution in [3.05, 3.63) is 69.0 Å². The van der Waals surface area contributed by atoms with Gasteiger partial charge in [-0.15, -0.1) is 0 Å². The lowest BCUT2D eigenvalue weighted by Gasteiger charge is -2.34. The van der Waals surface area contributed by atoms with E-state index in [4.69, 9.17) is 21.9 Å². The number of anilines is 1. The lowest BCUT2D eigenvalue weighted by atomic mass is 9.77. The van der Waals surface area contributed by atoms with Crippen LogP contribution >= 0.6 is 11.6 Å². The van der Waals surface area contributed by atoms with Crippen molar-refractivity contribution < 1.29 is 9.45 Å². The molecule has 28 heavy (non-hydrogen) atoms. The number of nitro benzene ring substituents is 1. The van der Waals surface area contributed by atoms with E-state index in [2.05, 4.69) is 15.5 Å². The predicted octanol–water partition coefficient (Wildman–Crippen LogP) is 4.25. The Kier molecular flexibility index (Phi) is 4.74. The summed E-state index contributed by atoms with van der Waals surface area (Å²) in [5.41, 5.74) is 7.26. The second-order valence-electron chi connectivity index (χ2n) is 6.87. The minimum Gasteiger partial charge on any atom is -0.375 e. The highest BCUT2D eigenvalue weighted by molar-refractivity contribution is 6.31. The lowest BCUT2D eigenvalue weighted by molar-refractivity contribution is -0.383. The summed E-state index contributed by atoms with van der Waals surface area (Å²) in [6.45, 7) is 0.361. The van der Waals surface area contributed by atoms with E-state index in [9.17, 15) is 10.1 Å². The second-order valence-corrected chi connectivity index (χ2v) is 7.27. The van der Waals surface area contributed by atoms with Crippen LogP contribution in [0.15, 0.2) is 47.0 Å². The first-order chi connectivity index (χ1) is 13.5. The molecule has 1 fully saturated rings. The van der Waals surface area contributed by atoms with Crippen molar-refractivity contribution in [2.45, 2.75) is 31.3 Å². The van der Waals surface area contributed by atoms with Gasteiger partial charge in [-0.25, -0.2) is 0 Å². The van der Waals surface area contributed by atoms with Crippen LogP contribution in [0.4, 0.5) is 11.4 Å². The smallest absolute Gasteiger partial charge is 0.293 e. The molecule has 1 saturated carbocycles. The molecule has 0 amide bonds. The van der Waals surface area contributed by atoms with Crippen molar-refractivity contribution in [3.8, 4) is 11.5 Å². The van der Waals surface area contributed by atoms with Crippen molar-refractivity contribution in [1.29, 1.82) is 0 Å². The van der Waals surface area contributed by atoms with Crippen LogP contribution in [-0.2, 0) is 12.1 Å². The normalized spacial score (nSPS) is 15.1. The summed E-state index contributed by atoms with van der Waals surface area (Å²) in [7, 11) is 0. The van der Waals surface area contributed by atoms with Gasteiger partial charge in [0.05, 0.1) is 10.5 Å². The third-order valence-electron chi connectivity index (χ3n) is 4.99. The Labute approximate surface area is 165 Å². The molecule has 1 heterocycles. The fraction of sp³-hybridized carbons (Fsp3) is 0.263. The highest BCUT2D eigenvalue weighted by atomic mass is 35.5. The molecule has 1 aromatic heterocycles. The Morgan fingerprint density at radius 3 is 2.75 bits per heavy atom. The number of nitrogens with zero attached hydrogens (tertiary/aromatic N) is 3. The maximum atomic E-state index is 11.6. The molecular formula is C19H18ClN5O3. The molecule has 9 heteroatoms. The number of aromatic nitrogens is 2. The molecule has 3 aromatic rings. The zero-order chi connectivity index (χ0) is 19.7. The number of halogens is 1. The Hall–Kier alpha value is -2.97. The molecule has 1 aliphatic rings. The van der Waals surface area contributed by atoms with Crippen molar-refractivity contribution >= 4 is 23.0 Å². The van der Waals surface area contributed by atoms with E-state index in [0.717, 1.165) is 24.8 Å². The monoisotopic (exact) mass is 399 g/mol. The van der Waals surface area contributed by atoms with Crippen LogP contribution in [0.5, 0.6) is 0 Å². The van der Waals surface area contributed by atoms with Crippen LogP contribution in [0.25, 0.3) is 11.5 Å². The molecular weight excluding hydrogens is 382 g/mol. The maximum absolute atomic E-state index is 11.6. The number of hydrogen-bond acceptors (Lipinski definition) is 7. The van der Waals surface area contributed by atoms with E-state index in [-0.39, 0.29) is 11.6 Å². The first kappa shape index (κ1) is 18.4. The molecule has 144 valence electrons. The third-order valence-corrected chi connectivity index (χ3v) is 5.35. The van der Waals surface area contributed by atoms with Crippen LogP contribution in [0.2, 0.25) is 5.02 Å². The van der Waals surface area contributed by atoms with E-state index in [1.165, 1.54) is 6.07 Å². The van der Waals surface area contributed by atoms with Crippen molar-refractivity contribution in [2.24, 2.45) is 5.73 Å². The minimum absolute atomic E-state index is 0.0876. The maximum Gasteiger partial charge on any atom is 0.293 e. The Bertz CT molecular complexity index is 1030. The third kappa shape index (κ3) is 3.44. The van der Waals surface area contributed by atoms with E-state index >= 15 is 0 Å². The Morgan fingerprint density at radius 1 is 1.29 bits per heavy atom. The molecule has 8 nitrogen and oxygen atoms in total. The summed E-state index contributed by atoms with van der Waals surface area (Å²) in [5.74, 6) is 0.657. The van der Waals surface area contributed by atoms with E-state index in [0.29, 0.717) is 28.6 Å². The SMILES string of the molecule is NC1(c2noc(-c3ccc(NCc4ccccc4Cl)c([N+](=O)[O-])c3)n2)CCC1. The fourth-order valence-electron chi connectivity index (χ4n) is 3.12. The number of nitrogens with two attached hydrogens (primary N) is 1. The number of nitro groups is 1. The van der Waals surface area contributed by atoms with Crippen molar-refractivity contribution in [3.63, 3.8) is 0 Å². The van der Waals surface area contributed by atoms with Gasteiger partial charge >= 0.3 is 0 Å². The van der Waals surface area contributed by atoms with Gasteiger partial charge in [-0.1, -0.05) is 35.0 Å². The van der Waals surface area contributed by atoms with Gasteiger partial charge in [-0.2, -0.15) is 4.98 Å². The Morgan fingerprint density at radius 2 is 2.07 bits per heavy atom. The summed E-state index contributed by atoms with van der Waals surface area (Å²) < 4.78 is 5.29. The standard InChI is InChI=1S/C19H18ClN5O3/c20-14-5-2-1-4-13(14)11-22-15-7-6-12(10-16(15)25(26)27)17-23-18(24-28-17)19(21)8-3-9-19/h1-2,4-7,10,22H,3,8-9,11,21H2. The quantitative estimate of drug-likeness (QED) is 0.469. The second kappa shape index (κ2) is 7.21. The average Bonchev–Trinajstić information content (AvgIpc) is 3.16. The van der Waals surface area contributed by atoms with Crippen LogP contribution < -0.4 is 11.1 Å². The molecule has 0 bridgehead atoms. The van der Waals surface area contributed by atoms with Gasteiger partial charge in [0.15, 0.2) is 5.82 Å². The first-order valence-electron chi connectivity index (χ1n) is 8.85. The summed E-state index contributed by atoms with van der Waals surface area (Å²) in [4.78, 5) is 15.5. The largest absolute Gasteiger partial charge is 0.375 e. The lowest BCUT2D eigenvalue weighted by Crippen LogP contribution is -2.44. The van der Waals surface area contributed by atoms with Gasteiger partial charge in [-0.05, 0) is 43.0 Å². The van der Waals surface area contributed by atoms with E-state index in [1.807, 2.05) is 18.2 Å². The highest BCUT2D eigenvalue weighted by Gasteiger charge is 2.39. The van der Waals surface area contributed by atoms with Gasteiger partial charge < -0.3 is 15.6 Å². The number of rotatable bonds is 6. The molecule has 0 radical (unpaired) electrons. The molecule has 0 unspecified atom stereocenters. The molecule has 1 aliphatic carbocycles. The van der Waals surface area contributed by atoms with Crippen LogP contribution in [0, 0.1) is 10.1 Å². The zero-order valence-corrected chi connectivity index (χ0v) is 15.6. The summed E-state index contributed by atoms with van der Waals surface area (Å²) >= 11 is 6.14. The van der Waals surface area contributed by atoms with Gasteiger partial charge in [0.25, 0.3) is 11.6 Å². The van der Waals surface area contributed by atoms with Gasteiger partial charge in [0.1, 0.15) is 5.69 Å². The summed E-state index contributed by atoms with van der Waals surface area (Å²) in [6, 6.07) is 12.1. The van der Waals surface area contributed by atoms with Gasteiger partial charge in [0, 0.05) is 23.2 Å².